The average molecular weight is 220 g/mol. The van der Waals surface area contributed by atoms with E-state index < -0.39 is 0 Å². The van der Waals surface area contributed by atoms with Gasteiger partial charge in [0.1, 0.15) is 5.84 Å². The number of aryl methyl sites for hydroxylation is 1. The largest absolute Gasteiger partial charge is 0.409 e. The minimum Gasteiger partial charge on any atom is -0.409 e. The minimum absolute atomic E-state index is 0.185. The first kappa shape index (κ1) is 12.6. The Bertz CT molecular complexity index is 357. The standard InChI is InChI=1S/C11H14.C2H6N2O/c1-9-5-4-7-10-6-2-3-8-11(9)10;1-2(3)4-5/h2-3,6,8-9H,4-5,7H2,1H3;5H,1H3,(H2,3,4)/t9-;/m1./s1. The highest BCUT2D eigenvalue weighted by Crippen LogP contribution is 2.30. The predicted octanol–water partition coefficient (Wildman–Crippen LogP) is 2.88. The van der Waals surface area contributed by atoms with E-state index in [0.29, 0.717) is 0 Å². The number of amidine groups is 1. The number of hydrogen-bond donors (Lipinski definition) is 2. The van der Waals surface area contributed by atoms with E-state index in [-0.39, 0.29) is 5.84 Å². The summed E-state index contributed by atoms with van der Waals surface area (Å²) in [4.78, 5) is 0. The molecule has 1 aromatic carbocycles. The van der Waals surface area contributed by atoms with E-state index in [1.54, 1.807) is 11.1 Å². The Morgan fingerprint density at radius 2 is 2.06 bits per heavy atom. The normalized spacial score (nSPS) is 19.4. The van der Waals surface area contributed by atoms with Crippen LogP contribution in [0.5, 0.6) is 0 Å². The number of nitrogens with two attached hydrogens (primary N) is 1. The lowest BCUT2D eigenvalue weighted by Crippen LogP contribution is -2.05. The molecule has 0 saturated carbocycles. The van der Waals surface area contributed by atoms with Gasteiger partial charge >= 0.3 is 0 Å². The van der Waals surface area contributed by atoms with Crippen molar-refractivity contribution in [2.24, 2.45) is 10.9 Å². The molecule has 3 N–H and O–H groups in total. The van der Waals surface area contributed by atoms with Gasteiger partial charge in [0.25, 0.3) is 0 Å². The molecule has 0 aromatic heterocycles. The molecule has 0 unspecified atom stereocenters. The van der Waals surface area contributed by atoms with Gasteiger partial charge in [-0.05, 0) is 43.2 Å². The first-order chi connectivity index (χ1) is 7.65. The van der Waals surface area contributed by atoms with Gasteiger partial charge in [0, 0.05) is 0 Å². The van der Waals surface area contributed by atoms with Gasteiger partial charge in [0.2, 0.25) is 0 Å². The molecule has 0 fully saturated rings. The summed E-state index contributed by atoms with van der Waals surface area (Å²) in [6.07, 6.45) is 4.04. The second kappa shape index (κ2) is 6.16. The van der Waals surface area contributed by atoms with E-state index in [4.69, 9.17) is 10.9 Å². The Labute approximate surface area is 97.0 Å². The van der Waals surface area contributed by atoms with Gasteiger partial charge in [-0.3, -0.25) is 0 Å². The Kier molecular flexibility index (Phi) is 4.83. The molecule has 0 radical (unpaired) electrons. The molecule has 1 aliphatic carbocycles. The maximum absolute atomic E-state index is 7.61. The van der Waals surface area contributed by atoms with Gasteiger partial charge < -0.3 is 10.9 Å². The van der Waals surface area contributed by atoms with Gasteiger partial charge in [0.15, 0.2) is 0 Å². The SMILES string of the molecule is CC(N)=NO.C[C@@H]1CCCc2ccccc21. The van der Waals surface area contributed by atoms with Crippen LogP contribution in [0.1, 0.15) is 43.7 Å². The van der Waals surface area contributed by atoms with Crippen molar-refractivity contribution in [1.29, 1.82) is 0 Å². The zero-order valence-corrected chi connectivity index (χ0v) is 9.98. The zero-order chi connectivity index (χ0) is 12.0. The fourth-order valence-electron chi connectivity index (χ4n) is 2.00. The van der Waals surface area contributed by atoms with E-state index in [1.165, 1.54) is 26.2 Å². The molecule has 3 nitrogen and oxygen atoms in total. The molecule has 0 amide bonds. The van der Waals surface area contributed by atoms with Crippen LogP contribution in [0.25, 0.3) is 0 Å². The highest BCUT2D eigenvalue weighted by molar-refractivity contribution is 5.76. The number of hydrogen-bond acceptors (Lipinski definition) is 2. The van der Waals surface area contributed by atoms with Crippen molar-refractivity contribution in [3.63, 3.8) is 0 Å². The topological polar surface area (TPSA) is 58.6 Å². The highest BCUT2D eigenvalue weighted by atomic mass is 16.4. The van der Waals surface area contributed by atoms with Crippen LogP contribution < -0.4 is 5.73 Å². The summed E-state index contributed by atoms with van der Waals surface area (Å²) < 4.78 is 0. The van der Waals surface area contributed by atoms with Gasteiger partial charge in [-0.1, -0.05) is 36.3 Å². The highest BCUT2D eigenvalue weighted by Gasteiger charge is 2.14. The molecule has 1 aliphatic rings. The van der Waals surface area contributed by atoms with E-state index in [0.717, 1.165) is 5.92 Å². The maximum Gasteiger partial charge on any atom is 0.135 e. The molecule has 1 atom stereocenters. The Morgan fingerprint density at radius 1 is 1.44 bits per heavy atom. The van der Waals surface area contributed by atoms with Crippen molar-refractivity contribution in [3.8, 4) is 0 Å². The number of oxime groups is 1. The second-order valence-electron chi connectivity index (χ2n) is 4.23. The fraction of sp³-hybridized carbons (Fsp3) is 0.462. The third-order valence-electron chi connectivity index (χ3n) is 2.83. The number of rotatable bonds is 0. The molecule has 0 heterocycles. The second-order valence-corrected chi connectivity index (χ2v) is 4.23. The lowest BCUT2D eigenvalue weighted by molar-refractivity contribution is 0.318. The van der Waals surface area contributed by atoms with Crippen LogP contribution in [0.4, 0.5) is 0 Å². The summed E-state index contributed by atoms with van der Waals surface area (Å²) in [5, 5.41) is 10.2. The Hall–Kier alpha value is -1.51. The number of benzene rings is 1. The smallest absolute Gasteiger partial charge is 0.135 e. The zero-order valence-electron chi connectivity index (χ0n) is 9.98. The van der Waals surface area contributed by atoms with Gasteiger partial charge in [-0.2, -0.15) is 0 Å². The fourth-order valence-corrected chi connectivity index (χ4v) is 2.00. The number of fused-ring (bicyclic) bond motifs is 1. The van der Waals surface area contributed by atoms with Crippen LogP contribution >= 0.6 is 0 Å². The van der Waals surface area contributed by atoms with Gasteiger partial charge in [-0.15, -0.1) is 0 Å². The minimum atomic E-state index is 0.185. The summed E-state index contributed by atoms with van der Waals surface area (Å²) >= 11 is 0. The number of nitrogens with zero attached hydrogens (tertiary/aromatic N) is 1. The molecule has 1 aromatic rings. The molecule has 16 heavy (non-hydrogen) atoms. The molecule has 2 rings (SSSR count). The Morgan fingerprint density at radius 3 is 2.62 bits per heavy atom. The quantitative estimate of drug-likeness (QED) is 0.306. The third kappa shape index (κ3) is 3.57. The summed E-state index contributed by atoms with van der Waals surface area (Å²) in [7, 11) is 0. The molecule has 3 heteroatoms. The molecular weight excluding hydrogens is 200 g/mol. The van der Waals surface area contributed by atoms with Crippen molar-refractivity contribution in [2.75, 3.05) is 0 Å². The van der Waals surface area contributed by atoms with E-state index in [1.807, 2.05) is 0 Å². The van der Waals surface area contributed by atoms with Crippen LogP contribution in [0.15, 0.2) is 29.4 Å². The monoisotopic (exact) mass is 220 g/mol. The van der Waals surface area contributed by atoms with Crippen molar-refractivity contribution in [3.05, 3.63) is 35.4 Å². The van der Waals surface area contributed by atoms with Crippen LogP contribution in [0.2, 0.25) is 0 Å². The van der Waals surface area contributed by atoms with Crippen LogP contribution in [0.3, 0.4) is 0 Å². The van der Waals surface area contributed by atoms with Crippen LogP contribution in [0, 0.1) is 0 Å². The molecule has 0 spiro atoms. The van der Waals surface area contributed by atoms with Gasteiger partial charge in [0.05, 0.1) is 0 Å². The van der Waals surface area contributed by atoms with Crippen molar-refractivity contribution >= 4 is 5.84 Å². The molecule has 88 valence electrons. The first-order valence-corrected chi connectivity index (χ1v) is 5.67. The molecule has 0 bridgehead atoms. The van der Waals surface area contributed by atoms with Crippen molar-refractivity contribution in [2.45, 2.75) is 39.0 Å². The Balaban J connectivity index is 0.000000221. The van der Waals surface area contributed by atoms with E-state index in [2.05, 4.69) is 36.3 Å². The van der Waals surface area contributed by atoms with Crippen LogP contribution in [-0.2, 0) is 6.42 Å². The summed E-state index contributed by atoms with van der Waals surface area (Å²) in [5.74, 6) is 0.977. The lowest BCUT2D eigenvalue weighted by atomic mass is 9.84. The predicted molar refractivity (Wildman–Crippen MR) is 66.9 cm³/mol. The molecular formula is C13H20N2O. The maximum atomic E-state index is 7.61. The average Bonchev–Trinajstić information content (AvgIpc) is 2.30. The summed E-state index contributed by atoms with van der Waals surface area (Å²) in [5.41, 5.74) is 7.95. The first-order valence-electron chi connectivity index (χ1n) is 5.67. The molecule has 0 aliphatic heterocycles. The third-order valence-corrected chi connectivity index (χ3v) is 2.83. The summed E-state index contributed by atoms with van der Waals surface area (Å²) in [6.45, 7) is 3.83. The van der Waals surface area contributed by atoms with Crippen molar-refractivity contribution < 1.29 is 5.21 Å². The lowest BCUT2D eigenvalue weighted by Gasteiger charge is -2.21. The molecule has 0 saturated heterocycles. The van der Waals surface area contributed by atoms with E-state index >= 15 is 0 Å². The van der Waals surface area contributed by atoms with Crippen molar-refractivity contribution in [1.82, 2.24) is 0 Å². The van der Waals surface area contributed by atoms with Crippen LogP contribution in [-0.4, -0.2) is 11.0 Å². The van der Waals surface area contributed by atoms with E-state index in [9.17, 15) is 0 Å². The summed E-state index contributed by atoms with van der Waals surface area (Å²) in [6, 6.07) is 8.85. The van der Waals surface area contributed by atoms with Gasteiger partial charge in [-0.25, -0.2) is 0 Å².